The first-order valence-corrected chi connectivity index (χ1v) is 8.77. The van der Waals surface area contributed by atoms with Crippen LogP contribution >= 0.6 is 11.3 Å². The number of rotatable bonds is 5. The lowest BCUT2D eigenvalue weighted by Crippen LogP contribution is -2.44. The van der Waals surface area contributed by atoms with E-state index in [9.17, 15) is 9.59 Å². The third-order valence-corrected chi connectivity index (χ3v) is 5.60. The van der Waals surface area contributed by atoms with Crippen molar-refractivity contribution in [3.05, 3.63) is 28.1 Å². The van der Waals surface area contributed by atoms with Crippen LogP contribution in [0, 0.1) is 5.92 Å². The molecule has 22 heavy (non-hydrogen) atoms. The van der Waals surface area contributed by atoms with Crippen molar-refractivity contribution in [3.63, 3.8) is 0 Å². The summed E-state index contributed by atoms with van der Waals surface area (Å²) in [5.41, 5.74) is 0.604. The highest BCUT2D eigenvalue weighted by atomic mass is 32.1. The number of carbonyl (C=O) groups excluding carboxylic acids is 1. The molecule has 1 amide bonds. The molecular weight excluding hydrogens is 298 g/mol. The fourth-order valence-corrected chi connectivity index (χ4v) is 3.93. The van der Waals surface area contributed by atoms with Gasteiger partial charge in [0, 0.05) is 12.1 Å². The summed E-state index contributed by atoms with van der Waals surface area (Å²) >= 11 is 1.38. The maximum atomic E-state index is 12.7. The van der Waals surface area contributed by atoms with Crippen LogP contribution in [0.2, 0.25) is 0 Å². The number of aromatic nitrogens is 2. The number of hydrogen-bond donors (Lipinski definition) is 0. The quantitative estimate of drug-likeness (QED) is 0.850. The topological polar surface area (TPSA) is 55.2 Å². The minimum Gasteiger partial charge on any atom is -0.335 e. The first kappa shape index (κ1) is 13.9. The Morgan fingerprint density at radius 2 is 2.23 bits per heavy atom. The van der Waals surface area contributed by atoms with Gasteiger partial charge < -0.3 is 4.90 Å². The van der Waals surface area contributed by atoms with Crippen molar-refractivity contribution in [1.82, 2.24) is 14.5 Å². The molecule has 5 nitrogen and oxygen atoms in total. The Morgan fingerprint density at radius 1 is 1.45 bits per heavy atom. The monoisotopic (exact) mass is 317 g/mol. The van der Waals surface area contributed by atoms with Crippen LogP contribution in [0.5, 0.6) is 0 Å². The van der Waals surface area contributed by atoms with Crippen LogP contribution in [-0.4, -0.2) is 32.4 Å². The summed E-state index contributed by atoms with van der Waals surface area (Å²) in [5.74, 6) is 0.709. The Bertz CT molecular complexity index is 773. The van der Waals surface area contributed by atoms with Gasteiger partial charge in [0.1, 0.15) is 11.2 Å². The Labute approximate surface area is 132 Å². The summed E-state index contributed by atoms with van der Waals surface area (Å²) in [6, 6.07) is 2.52. The molecule has 2 fully saturated rings. The van der Waals surface area contributed by atoms with Crippen LogP contribution < -0.4 is 5.56 Å². The van der Waals surface area contributed by atoms with Gasteiger partial charge >= 0.3 is 0 Å². The number of amides is 1. The zero-order valence-corrected chi connectivity index (χ0v) is 13.4. The van der Waals surface area contributed by atoms with E-state index >= 15 is 0 Å². The molecule has 2 heterocycles. The first-order chi connectivity index (χ1) is 10.6. The molecule has 2 aliphatic carbocycles. The molecular formula is C16H19N3O2S. The van der Waals surface area contributed by atoms with Crippen LogP contribution in [-0.2, 0) is 11.3 Å². The van der Waals surface area contributed by atoms with Crippen LogP contribution in [0.4, 0.5) is 0 Å². The van der Waals surface area contributed by atoms with Crippen molar-refractivity contribution in [2.75, 3.05) is 0 Å². The van der Waals surface area contributed by atoms with E-state index in [4.69, 9.17) is 0 Å². The van der Waals surface area contributed by atoms with Gasteiger partial charge in [0.05, 0.1) is 11.8 Å². The van der Waals surface area contributed by atoms with Gasteiger partial charge in [-0.05, 0) is 50.0 Å². The molecule has 1 atom stereocenters. The number of fused-ring (bicyclic) bond motifs is 1. The van der Waals surface area contributed by atoms with Gasteiger partial charge in [0.15, 0.2) is 0 Å². The average Bonchev–Trinajstić information content (AvgIpc) is 3.41. The number of carbonyl (C=O) groups is 1. The molecule has 6 heteroatoms. The number of nitrogens with zero attached hydrogens (tertiary/aromatic N) is 3. The summed E-state index contributed by atoms with van der Waals surface area (Å²) < 4.78 is 2.08. The molecule has 0 radical (unpaired) electrons. The minimum absolute atomic E-state index is 0.0571. The molecule has 0 spiro atoms. The van der Waals surface area contributed by atoms with E-state index in [1.54, 1.807) is 0 Å². The molecule has 0 saturated heterocycles. The largest absolute Gasteiger partial charge is 0.335 e. The molecule has 2 aromatic rings. The van der Waals surface area contributed by atoms with Crippen LogP contribution in [0.15, 0.2) is 22.6 Å². The summed E-state index contributed by atoms with van der Waals surface area (Å²) in [5, 5.41) is 1.86. The number of thiophene rings is 1. The molecule has 2 aliphatic rings. The van der Waals surface area contributed by atoms with Crippen molar-refractivity contribution in [2.24, 2.45) is 5.92 Å². The second-order valence-corrected chi connectivity index (χ2v) is 7.34. The molecule has 0 unspecified atom stereocenters. The van der Waals surface area contributed by atoms with E-state index < -0.39 is 0 Å². The SMILES string of the molecule is C[C@@H](C1CC1)N(C(=O)Cn1cnc2ccsc2c1=O)C1CC1. The van der Waals surface area contributed by atoms with Crippen molar-refractivity contribution in [1.29, 1.82) is 0 Å². The van der Waals surface area contributed by atoms with E-state index in [2.05, 4.69) is 11.9 Å². The average molecular weight is 317 g/mol. The fraction of sp³-hybridized carbons (Fsp3) is 0.562. The Hall–Kier alpha value is -1.69. The van der Waals surface area contributed by atoms with Crippen LogP contribution in [0.3, 0.4) is 0 Å². The lowest BCUT2D eigenvalue weighted by atomic mass is 10.1. The van der Waals surface area contributed by atoms with Gasteiger partial charge in [-0.15, -0.1) is 11.3 Å². The molecule has 116 valence electrons. The van der Waals surface area contributed by atoms with Gasteiger partial charge in [0.2, 0.25) is 5.91 Å². The van der Waals surface area contributed by atoms with Crippen molar-refractivity contribution < 1.29 is 4.79 Å². The standard InChI is InChI=1S/C16H19N3O2S/c1-10(11-2-3-11)19(12-4-5-12)14(20)8-18-9-17-13-6-7-22-15(13)16(18)21/h6-7,9-12H,2-5,8H2,1H3/t10-/m0/s1. The third kappa shape index (κ3) is 2.45. The van der Waals surface area contributed by atoms with E-state index in [0.717, 1.165) is 12.8 Å². The molecule has 2 saturated carbocycles. The van der Waals surface area contributed by atoms with Crippen LogP contribution in [0.1, 0.15) is 32.6 Å². The van der Waals surface area contributed by atoms with Crippen molar-refractivity contribution in [2.45, 2.75) is 51.2 Å². The zero-order valence-electron chi connectivity index (χ0n) is 12.6. The maximum Gasteiger partial charge on any atom is 0.271 e. The number of hydrogen-bond acceptors (Lipinski definition) is 4. The Balaban J connectivity index is 1.58. The minimum atomic E-state index is -0.108. The first-order valence-electron chi connectivity index (χ1n) is 7.89. The summed E-state index contributed by atoms with van der Waals surface area (Å²) in [6.45, 7) is 2.25. The van der Waals surface area contributed by atoms with E-state index in [-0.39, 0.29) is 18.0 Å². The van der Waals surface area contributed by atoms with Gasteiger partial charge in [-0.2, -0.15) is 0 Å². The van der Waals surface area contributed by atoms with Crippen molar-refractivity contribution in [3.8, 4) is 0 Å². The van der Waals surface area contributed by atoms with E-state index in [1.165, 1.54) is 35.1 Å². The van der Waals surface area contributed by atoms with E-state index in [1.807, 2.05) is 16.3 Å². The summed E-state index contributed by atoms with van der Waals surface area (Å²) in [6.07, 6.45) is 6.14. The molecule has 0 bridgehead atoms. The van der Waals surface area contributed by atoms with Crippen molar-refractivity contribution >= 4 is 27.5 Å². The Morgan fingerprint density at radius 3 is 2.91 bits per heavy atom. The smallest absolute Gasteiger partial charge is 0.271 e. The molecule has 4 rings (SSSR count). The van der Waals surface area contributed by atoms with Gasteiger partial charge in [-0.1, -0.05) is 0 Å². The third-order valence-electron chi connectivity index (χ3n) is 4.71. The lowest BCUT2D eigenvalue weighted by Gasteiger charge is -2.29. The van der Waals surface area contributed by atoms with E-state index in [0.29, 0.717) is 28.2 Å². The summed E-state index contributed by atoms with van der Waals surface area (Å²) in [7, 11) is 0. The predicted octanol–water partition coefficient (Wildman–Crippen LogP) is 2.25. The highest BCUT2D eigenvalue weighted by Gasteiger charge is 2.41. The fourth-order valence-electron chi connectivity index (χ4n) is 3.14. The van der Waals surface area contributed by atoms with Gasteiger partial charge in [-0.3, -0.25) is 14.2 Å². The van der Waals surface area contributed by atoms with Gasteiger partial charge in [-0.25, -0.2) is 4.98 Å². The second-order valence-electron chi connectivity index (χ2n) is 6.42. The van der Waals surface area contributed by atoms with Crippen LogP contribution in [0.25, 0.3) is 10.2 Å². The molecule has 0 aromatic carbocycles. The summed E-state index contributed by atoms with van der Waals surface area (Å²) in [4.78, 5) is 31.4. The normalized spacial score (nSPS) is 19.3. The molecule has 0 N–H and O–H groups in total. The molecule has 0 aliphatic heterocycles. The maximum absolute atomic E-state index is 12.7. The second kappa shape index (κ2) is 5.19. The lowest BCUT2D eigenvalue weighted by molar-refractivity contribution is -0.135. The highest BCUT2D eigenvalue weighted by Crippen LogP contribution is 2.39. The highest BCUT2D eigenvalue weighted by molar-refractivity contribution is 7.17. The van der Waals surface area contributed by atoms with Gasteiger partial charge in [0.25, 0.3) is 5.56 Å². The Kier molecular flexibility index (Phi) is 3.29. The predicted molar refractivity (Wildman–Crippen MR) is 85.9 cm³/mol. The molecule has 2 aromatic heterocycles. The zero-order chi connectivity index (χ0) is 15.3.